The molecule has 0 amide bonds. The van der Waals surface area contributed by atoms with Crippen molar-refractivity contribution in [3.63, 3.8) is 0 Å². The Morgan fingerprint density at radius 2 is 2.08 bits per heavy atom. The van der Waals surface area contributed by atoms with Crippen molar-refractivity contribution in [2.45, 2.75) is 57.6 Å². The molecule has 6 nitrogen and oxygen atoms in total. The molecule has 0 spiro atoms. The maximum absolute atomic E-state index is 11.5. The van der Waals surface area contributed by atoms with E-state index in [2.05, 4.69) is 4.90 Å². The van der Waals surface area contributed by atoms with Crippen LogP contribution < -0.4 is 10.6 Å². The zero-order valence-electron chi connectivity index (χ0n) is 16.3. The number of nitrogens with zero attached hydrogens (tertiary/aromatic N) is 1. The number of nitrogen functional groups attached to an aromatic ring is 1. The van der Waals surface area contributed by atoms with Gasteiger partial charge in [0.1, 0.15) is 0 Å². The topological polar surface area (TPSA) is 85.0 Å². The van der Waals surface area contributed by atoms with E-state index in [0.29, 0.717) is 18.7 Å². The summed E-state index contributed by atoms with van der Waals surface area (Å²) in [6.07, 6.45) is 2.15. The van der Waals surface area contributed by atoms with Gasteiger partial charge in [-0.3, -0.25) is 4.79 Å². The number of ether oxygens (including phenoxy) is 2. The molecule has 6 heteroatoms. The van der Waals surface area contributed by atoms with E-state index in [4.69, 9.17) is 15.2 Å². The quantitative estimate of drug-likeness (QED) is 0.572. The number of carbonyl (C=O) groups is 1. The van der Waals surface area contributed by atoms with E-state index < -0.39 is 5.60 Å². The minimum Gasteiger partial charge on any atom is -0.469 e. The fourth-order valence-electron chi connectivity index (χ4n) is 3.42. The zero-order chi connectivity index (χ0) is 19.3. The van der Waals surface area contributed by atoms with Gasteiger partial charge in [-0.1, -0.05) is 13.0 Å². The number of nitrogens with two attached hydrogens (primary N) is 1. The average molecular weight is 364 g/mol. The molecular formula is C20H32N2O4. The molecule has 1 heterocycles. The van der Waals surface area contributed by atoms with Gasteiger partial charge in [0.2, 0.25) is 0 Å². The highest BCUT2D eigenvalue weighted by Gasteiger charge is 2.28. The van der Waals surface area contributed by atoms with Crippen LogP contribution in [-0.4, -0.2) is 49.6 Å². The molecule has 1 unspecified atom stereocenters. The first-order valence-corrected chi connectivity index (χ1v) is 9.24. The third-order valence-electron chi connectivity index (χ3n) is 4.82. The summed E-state index contributed by atoms with van der Waals surface area (Å²) in [7, 11) is 1.40. The van der Waals surface area contributed by atoms with Crippen LogP contribution in [0.5, 0.6) is 0 Å². The SMILES string of the molecule is COC(=O)CC(C)c1ccc(N(CC(C)(C)O)C2CCOCC2)c(N)c1. The number of benzene rings is 1. The van der Waals surface area contributed by atoms with Crippen LogP contribution >= 0.6 is 0 Å². The number of rotatable bonds is 7. The van der Waals surface area contributed by atoms with Gasteiger partial charge in [-0.25, -0.2) is 0 Å². The minimum atomic E-state index is -0.832. The zero-order valence-corrected chi connectivity index (χ0v) is 16.3. The highest BCUT2D eigenvalue weighted by atomic mass is 16.5. The van der Waals surface area contributed by atoms with Crippen molar-refractivity contribution in [3.05, 3.63) is 23.8 Å². The Kier molecular flexibility index (Phi) is 6.89. The molecule has 1 atom stereocenters. The Labute approximate surface area is 156 Å². The fourth-order valence-corrected chi connectivity index (χ4v) is 3.42. The highest BCUT2D eigenvalue weighted by molar-refractivity contribution is 5.72. The predicted octanol–water partition coefficient (Wildman–Crippen LogP) is 2.69. The molecule has 3 N–H and O–H groups in total. The van der Waals surface area contributed by atoms with Crippen LogP contribution in [0, 0.1) is 0 Å². The van der Waals surface area contributed by atoms with Crippen LogP contribution in [0.15, 0.2) is 18.2 Å². The summed E-state index contributed by atoms with van der Waals surface area (Å²) in [6, 6.07) is 6.23. The predicted molar refractivity (Wildman–Crippen MR) is 103 cm³/mol. The van der Waals surface area contributed by atoms with Gasteiger partial charge in [0, 0.05) is 25.8 Å². The summed E-state index contributed by atoms with van der Waals surface area (Å²) in [5.74, 6) is -0.198. The third-order valence-corrected chi connectivity index (χ3v) is 4.82. The summed E-state index contributed by atoms with van der Waals surface area (Å²) >= 11 is 0. The van der Waals surface area contributed by atoms with Gasteiger partial charge < -0.3 is 25.2 Å². The fraction of sp³-hybridized carbons (Fsp3) is 0.650. The second kappa shape index (κ2) is 8.73. The normalized spacial score (nSPS) is 17.0. The Morgan fingerprint density at radius 3 is 2.62 bits per heavy atom. The molecule has 2 rings (SSSR count). The average Bonchev–Trinajstić information content (AvgIpc) is 2.59. The van der Waals surface area contributed by atoms with E-state index in [1.165, 1.54) is 7.11 Å². The molecule has 0 bridgehead atoms. The number of aliphatic hydroxyl groups is 1. The van der Waals surface area contributed by atoms with Gasteiger partial charge in [-0.2, -0.15) is 0 Å². The molecule has 1 aliphatic rings. The molecule has 0 aliphatic carbocycles. The molecule has 1 aromatic rings. The molecule has 0 saturated carbocycles. The van der Waals surface area contributed by atoms with Crippen LogP contribution in [-0.2, 0) is 14.3 Å². The maximum Gasteiger partial charge on any atom is 0.306 e. The number of carbonyl (C=O) groups excluding carboxylic acids is 1. The maximum atomic E-state index is 11.5. The van der Waals surface area contributed by atoms with Crippen molar-refractivity contribution in [2.75, 3.05) is 37.5 Å². The van der Waals surface area contributed by atoms with E-state index in [9.17, 15) is 9.90 Å². The molecule has 146 valence electrons. The van der Waals surface area contributed by atoms with Gasteiger partial charge in [0.05, 0.1) is 30.5 Å². The summed E-state index contributed by atoms with van der Waals surface area (Å²) in [4.78, 5) is 13.7. The van der Waals surface area contributed by atoms with Gasteiger partial charge in [-0.05, 0) is 50.3 Å². The standard InChI is InChI=1S/C20H32N2O4/c1-14(11-19(23)25-4)15-5-6-18(17(21)12-15)22(13-20(2,3)24)16-7-9-26-10-8-16/h5-6,12,14,16,24H,7-11,13,21H2,1-4H3. The van der Waals surface area contributed by atoms with E-state index in [-0.39, 0.29) is 17.9 Å². The first-order valence-electron chi connectivity index (χ1n) is 9.24. The van der Waals surface area contributed by atoms with Crippen LogP contribution in [0.2, 0.25) is 0 Å². The number of hydrogen-bond donors (Lipinski definition) is 2. The smallest absolute Gasteiger partial charge is 0.306 e. The van der Waals surface area contributed by atoms with Crippen molar-refractivity contribution in [1.29, 1.82) is 0 Å². The van der Waals surface area contributed by atoms with Crippen molar-refractivity contribution in [2.24, 2.45) is 0 Å². The van der Waals surface area contributed by atoms with Gasteiger partial charge in [-0.15, -0.1) is 0 Å². The van der Waals surface area contributed by atoms with Gasteiger partial charge in [0.15, 0.2) is 0 Å². The van der Waals surface area contributed by atoms with Crippen LogP contribution in [0.4, 0.5) is 11.4 Å². The Bertz CT molecular complexity index is 606. The molecular weight excluding hydrogens is 332 g/mol. The number of hydrogen-bond acceptors (Lipinski definition) is 6. The first kappa shape index (κ1) is 20.5. The van der Waals surface area contributed by atoms with Gasteiger partial charge in [0.25, 0.3) is 0 Å². The minimum absolute atomic E-state index is 0.0320. The molecule has 0 aromatic heterocycles. The summed E-state index contributed by atoms with van der Waals surface area (Å²) < 4.78 is 10.2. The molecule has 1 aliphatic heterocycles. The highest BCUT2D eigenvalue weighted by Crippen LogP contribution is 2.33. The van der Waals surface area contributed by atoms with Crippen molar-refractivity contribution >= 4 is 17.3 Å². The van der Waals surface area contributed by atoms with Gasteiger partial charge >= 0.3 is 5.97 Å². The second-order valence-corrected chi connectivity index (χ2v) is 7.78. The molecule has 1 aromatic carbocycles. The largest absolute Gasteiger partial charge is 0.469 e. The van der Waals surface area contributed by atoms with Crippen LogP contribution in [0.25, 0.3) is 0 Å². The second-order valence-electron chi connectivity index (χ2n) is 7.78. The van der Waals surface area contributed by atoms with E-state index in [0.717, 1.165) is 37.3 Å². The molecule has 1 saturated heterocycles. The summed E-state index contributed by atoms with van der Waals surface area (Å²) in [5, 5.41) is 10.4. The summed E-state index contributed by atoms with van der Waals surface area (Å²) in [5.41, 5.74) is 8.14. The van der Waals surface area contributed by atoms with Crippen LogP contribution in [0.3, 0.4) is 0 Å². The van der Waals surface area contributed by atoms with Crippen molar-refractivity contribution in [1.82, 2.24) is 0 Å². The number of esters is 1. The number of methoxy groups -OCH3 is 1. The third kappa shape index (κ3) is 5.61. The Hall–Kier alpha value is -1.79. The Morgan fingerprint density at radius 1 is 1.42 bits per heavy atom. The molecule has 0 radical (unpaired) electrons. The van der Waals surface area contributed by atoms with Crippen molar-refractivity contribution < 1.29 is 19.4 Å². The lowest BCUT2D eigenvalue weighted by atomic mass is 9.95. The monoisotopic (exact) mass is 364 g/mol. The first-order chi connectivity index (χ1) is 12.2. The van der Waals surface area contributed by atoms with E-state index in [1.807, 2.05) is 39.0 Å². The lowest BCUT2D eigenvalue weighted by Crippen LogP contribution is -2.47. The van der Waals surface area contributed by atoms with E-state index in [1.54, 1.807) is 0 Å². The van der Waals surface area contributed by atoms with Crippen LogP contribution in [0.1, 0.15) is 51.5 Å². The summed E-state index contributed by atoms with van der Waals surface area (Å²) in [6.45, 7) is 7.55. The molecule has 1 fully saturated rings. The lowest BCUT2D eigenvalue weighted by Gasteiger charge is -2.40. The van der Waals surface area contributed by atoms with Crippen molar-refractivity contribution in [3.8, 4) is 0 Å². The van der Waals surface area contributed by atoms with E-state index >= 15 is 0 Å². The Balaban J connectivity index is 2.25. The number of anilines is 2. The lowest BCUT2D eigenvalue weighted by molar-refractivity contribution is -0.140. The molecule has 26 heavy (non-hydrogen) atoms.